The molecule has 0 spiro atoms. The summed E-state index contributed by atoms with van der Waals surface area (Å²) in [7, 11) is 0. The molecular formula is C18H16FN3O6. The number of anilines is 1. The number of nitrogens with zero attached hydrogens (tertiary/aromatic N) is 1. The van der Waals surface area contributed by atoms with Crippen LogP contribution in [0.3, 0.4) is 0 Å². The second kappa shape index (κ2) is 9.21. The summed E-state index contributed by atoms with van der Waals surface area (Å²) in [5.41, 5.74) is -0.192. The van der Waals surface area contributed by atoms with Gasteiger partial charge < -0.3 is 15.4 Å². The maximum atomic E-state index is 12.8. The van der Waals surface area contributed by atoms with E-state index in [0.717, 1.165) is 12.1 Å². The van der Waals surface area contributed by atoms with Crippen molar-refractivity contribution in [2.75, 3.05) is 11.9 Å². The van der Waals surface area contributed by atoms with Crippen molar-refractivity contribution in [2.45, 2.75) is 13.0 Å². The Hall–Kier alpha value is -3.82. The zero-order valence-corrected chi connectivity index (χ0v) is 14.7. The lowest BCUT2D eigenvalue weighted by Crippen LogP contribution is -2.35. The van der Waals surface area contributed by atoms with Crippen molar-refractivity contribution >= 4 is 29.2 Å². The van der Waals surface area contributed by atoms with Crippen LogP contribution in [0.4, 0.5) is 15.8 Å². The Balaban J connectivity index is 1.86. The standard InChI is InChI=1S/C18H16FN3O6/c1-11(17(24)21-14-4-2-3-5-15(14)22(26)27)28-16(23)10-20-18(25)12-6-8-13(19)9-7-12/h2-9,11H,10H2,1H3,(H,20,25)(H,21,24)/t11-/m0/s1. The van der Waals surface area contributed by atoms with Crippen molar-refractivity contribution in [1.29, 1.82) is 0 Å². The number of nitro benzene ring substituents is 1. The van der Waals surface area contributed by atoms with Crippen molar-refractivity contribution in [1.82, 2.24) is 5.32 Å². The number of nitrogens with one attached hydrogen (secondary N) is 2. The van der Waals surface area contributed by atoms with Gasteiger partial charge in [-0.2, -0.15) is 0 Å². The number of amides is 2. The molecule has 2 rings (SSSR count). The van der Waals surface area contributed by atoms with Gasteiger partial charge in [-0.05, 0) is 37.3 Å². The summed E-state index contributed by atoms with van der Waals surface area (Å²) < 4.78 is 17.7. The van der Waals surface area contributed by atoms with E-state index in [2.05, 4.69) is 10.6 Å². The van der Waals surface area contributed by atoms with E-state index in [4.69, 9.17) is 4.74 Å². The monoisotopic (exact) mass is 389 g/mol. The molecule has 0 aliphatic carbocycles. The number of hydrogen-bond donors (Lipinski definition) is 2. The van der Waals surface area contributed by atoms with E-state index in [-0.39, 0.29) is 16.9 Å². The predicted molar refractivity (Wildman–Crippen MR) is 96.0 cm³/mol. The number of rotatable bonds is 7. The van der Waals surface area contributed by atoms with Gasteiger partial charge in [0.05, 0.1) is 4.92 Å². The smallest absolute Gasteiger partial charge is 0.326 e. The molecule has 2 amide bonds. The normalized spacial score (nSPS) is 11.2. The highest BCUT2D eigenvalue weighted by Crippen LogP contribution is 2.23. The Kier molecular flexibility index (Phi) is 6.74. The van der Waals surface area contributed by atoms with Crippen LogP contribution in [0.2, 0.25) is 0 Å². The number of carbonyl (C=O) groups is 3. The van der Waals surface area contributed by atoms with Crippen molar-refractivity contribution in [2.24, 2.45) is 0 Å². The molecule has 0 saturated heterocycles. The van der Waals surface area contributed by atoms with E-state index < -0.39 is 41.2 Å². The van der Waals surface area contributed by atoms with Gasteiger partial charge in [-0.1, -0.05) is 12.1 Å². The van der Waals surface area contributed by atoms with Crippen molar-refractivity contribution in [3.05, 3.63) is 70.0 Å². The highest BCUT2D eigenvalue weighted by atomic mass is 19.1. The lowest BCUT2D eigenvalue weighted by molar-refractivity contribution is -0.383. The van der Waals surface area contributed by atoms with Gasteiger partial charge in [-0.25, -0.2) is 4.39 Å². The highest BCUT2D eigenvalue weighted by Gasteiger charge is 2.21. The van der Waals surface area contributed by atoms with Crippen LogP contribution in [0, 0.1) is 15.9 Å². The predicted octanol–water partition coefficient (Wildman–Crippen LogP) is 2.03. The Labute approximate surface area is 158 Å². The lowest BCUT2D eigenvalue weighted by atomic mass is 10.2. The number of carbonyl (C=O) groups excluding carboxylic acids is 3. The minimum absolute atomic E-state index is 0.0370. The zero-order valence-electron chi connectivity index (χ0n) is 14.7. The van der Waals surface area contributed by atoms with Crippen LogP contribution in [0.1, 0.15) is 17.3 Å². The molecule has 1 atom stereocenters. The zero-order chi connectivity index (χ0) is 20.7. The van der Waals surface area contributed by atoms with Gasteiger partial charge in [0, 0.05) is 11.6 Å². The Morgan fingerprint density at radius 1 is 1.14 bits per heavy atom. The first-order valence-electron chi connectivity index (χ1n) is 8.05. The second-order valence-corrected chi connectivity index (χ2v) is 5.59. The Bertz CT molecular complexity index is 900. The van der Waals surface area contributed by atoms with E-state index >= 15 is 0 Å². The highest BCUT2D eigenvalue weighted by molar-refractivity contribution is 5.98. The maximum absolute atomic E-state index is 12.8. The molecule has 0 unspecified atom stereocenters. The lowest BCUT2D eigenvalue weighted by Gasteiger charge is -2.14. The third-order valence-corrected chi connectivity index (χ3v) is 3.54. The van der Waals surface area contributed by atoms with E-state index in [0.29, 0.717) is 0 Å². The molecule has 0 aliphatic rings. The van der Waals surface area contributed by atoms with Gasteiger partial charge in [0.1, 0.15) is 18.0 Å². The quantitative estimate of drug-likeness (QED) is 0.424. The topological polar surface area (TPSA) is 128 Å². The summed E-state index contributed by atoms with van der Waals surface area (Å²) >= 11 is 0. The number of esters is 1. The van der Waals surface area contributed by atoms with Crippen molar-refractivity contribution < 1.29 is 28.4 Å². The average molecular weight is 389 g/mol. The minimum Gasteiger partial charge on any atom is -0.451 e. The van der Waals surface area contributed by atoms with Crippen LogP contribution in [-0.2, 0) is 14.3 Å². The number of hydrogen-bond acceptors (Lipinski definition) is 6. The molecule has 0 radical (unpaired) electrons. The molecule has 0 saturated carbocycles. The number of halogens is 1. The second-order valence-electron chi connectivity index (χ2n) is 5.59. The van der Waals surface area contributed by atoms with Gasteiger partial charge in [-0.3, -0.25) is 24.5 Å². The van der Waals surface area contributed by atoms with Crippen LogP contribution in [0.15, 0.2) is 48.5 Å². The summed E-state index contributed by atoms with van der Waals surface area (Å²) in [6.45, 7) is 0.767. The van der Waals surface area contributed by atoms with E-state index in [1.807, 2.05) is 0 Å². The first kappa shape index (κ1) is 20.5. The van der Waals surface area contributed by atoms with Gasteiger partial charge in [-0.15, -0.1) is 0 Å². The summed E-state index contributed by atoms with van der Waals surface area (Å²) in [6.07, 6.45) is -1.25. The third kappa shape index (κ3) is 5.59. The fraction of sp³-hybridized carbons (Fsp3) is 0.167. The molecule has 9 nitrogen and oxygen atoms in total. The van der Waals surface area contributed by atoms with Crippen LogP contribution >= 0.6 is 0 Å². The molecule has 2 N–H and O–H groups in total. The summed E-state index contributed by atoms with van der Waals surface area (Å²) in [4.78, 5) is 46.0. The van der Waals surface area contributed by atoms with Gasteiger partial charge >= 0.3 is 5.97 Å². The SMILES string of the molecule is C[C@H](OC(=O)CNC(=O)c1ccc(F)cc1)C(=O)Nc1ccccc1[N+](=O)[O-]. The fourth-order valence-electron chi connectivity index (χ4n) is 2.12. The molecule has 0 aromatic heterocycles. The van der Waals surface area contributed by atoms with E-state index in [1.54, 1.807) is 0 Å². The van der Waals surface area contributed by atoms with Gasteiger partial charge in [0.25, 0.3) is 17.5 Å². The molecule has 0 aliphatic heterocycles. The number of nitro groups is 1. The molecule has 0 bridgehead atoms. The van der Waals surface area contributed by atoms with Gasteiger partial charge in [0.15, 0.2) is 6.10 Å². The molecule has 10 heteroatoms. The molecule has 2 aromatic rings. The summed E-state index contributed by atoms with van der Waals surface area (Å²) in [6, 6.07) is 10.2. The molecule has 146 valence electrons. The fourth-order valence-corrected chi connectivity index (χ4v) is 2.12. The number of benzene rings is 2. The molecule has 2 aromatic carbocycles. The first-order valence-corrected chi connectivity index (χ1v) is 8.05. The molecule has 0 heterocycles. The van der Waals surface area contributed by atoms with Crippen LogP contribution < -0.4 is 10.6 Å². The van der Waals surface area contributed by atoms with Crippen molar-refractivity contribution in [3.8, 4) is 0 Å². The van der Waals surface area contributed by atoms with Crippen molar-refractivity contribution in [3.63, 3.8) is 0 Å². The number of ether oxygens (including phenoxy) is 1. The first-order chi connectivity index (χ1) is 13.3. The molecule has 28 heavy (non-hydrogen) atoms. The number of para-hydroxylation sites is 2. The minimum atomic E-state index is -1.25. The molecular weight excluding hydrogens is 373 g/mol. The Morgan fingerprint density at radius 3 is 2.43 bits per heavy atom. The van der Waals surface area contributed by atoms with E-state index in [1.165, 1.54) is 43.3 Å². The summed E-state index contributed by atoms with van der Waals surface area (Å²) in [5, 5.41) is 15.5. The Morgan fingerprint density at radius 2 is 1.79 bits per heavy atom. The van der Waals surface area contributed by atoms with E-state index in [9.17, 15) is 28.9 Å². The van der Waals surface area contributed by atoms with Crippen LogP contribution in [-0.4, -0.2) is 35.4 Å². The van der Waals surface area contributed by atoms with Crippen LogP contribution in [0.25, 0.3) is 0 Å². The van der Waals surface area contributed by atoms with Gasteiger partial charge in [0.2, 0.25) is 0 Å². The maximum Gasteiger partial charge on any atom is 0.326 e. The third-order valence-electron chi connectivity index (χ3n) is 3.54. The van der Waals surface area contributed by atoms with Crippen LogP contribution in [0.5, 0.6) is 0 Å². The average Bonchev–Trinajstić information content (AvgIpc) is 2.66. The molecule has 0 fully saturated rings. The largest absolute Gasteiger partial charge is 0.451 e. The summed E-state index contributed by atoms with van der Waals surface area (Å²) in [5.74, 6) is -2.78.